The molecule has 0 N–H and O–H groups in total. The van der Waals surface area contributed by atoms with Crippen molar-refractivity contribution in [2.24, 2.45) is 0 Å². The Hall–Kier alpha value is -2.65. The van der Waals surface area contributed by atoms with Gasteiger partial charge in [-0.15, -0.1) is 0 Å². The summed E-state index contributed by atoms with van der Waals surface area (Å²) in [5.74, 6) is 1.79. The van der Waals surface area contributed by atoms with Crippen LogP contribution in [0.3, 0.4) is 0 Å². The highest BCUT2D eigenvalue weighted by Gasteiger charge is 2.15. The number of rotatable bonds is 9. The van der Waals surface area contributed by atoms with Crippen molar-refractivity contribution < 1.29 is 14.2 Å². The van der Waals surface area contributed by atoms with Crippen LogP contribution < -0.4 is 19.8 Å². The van der Waals surface area contributed by atoms with E-state index in [9.17, 15) is 4.79 Å². The Labute approximate surface area is 173 Å². The topological polar surface area (TPSA) is 78.2 Å². The Morgan fingerprint density at radius 3 is 2.34 bits per heavy atom. The molecule has 1 aromatic carbocycles. The van der Waals surface area contributed by atoms with E-state index < -0.39 is 0 Å². The zero-order valence-electron chi connectivity index (χ0n) is 17.4. The highest BCUT2D eigenvalue weighted by atomic mass is 32.1. The normalized spacial score (nSPS) is 11.2. The summed E-state index contributed by atoms with van der Waals surface area (Å²) in [7, 11) is 6.75. The van der Waals surface area contributed by atoms with Crippen molar-refractivity contribution >= 4 is 16.3 Å². The van der Waals surface area contributed by atoms with Gasteiger partial charge in [0.25, 0.3) is 5.56 Å². The second-order valence-corrected chi connectivity index (χ2v) is 7.77. The van der Waals surface area contributed by atoms with Crippen molar-refractivity contribution in [1.82, 2.24) is 19.5 Å². The zero-order chi connectivity index (χ0) is 21.0. The molecule has 3 rings (SSSR count). The molecule has 0 aliphatic carbocycles. The molecule has 0 spiro atoms. The summed E-state index contributed by atoms with van der Waals surface area (Å²) in [4.78, 5) is 19.7. The molecule has 0 fully saturated rings. The van der Waals surface area contributed by atoms with E-state index >= 15 is 0 Å². The first-order valence-corrected chi connectivity index (χ1v) is 10.2. The van der Waals surface area contributed by atoms with Gasteiger partial charge in [-0.2, -0.15) is 9.61 Å². The molecule has 0 saturated heterocycles. The number of ether oxygens (including phenoxy) is 3. The number of aryl methyl sites for hydroxylation is 1. The fourth-order valence-corrected chi connectivity index (χ4v) is 4.18. The lowest BCUT2D eigenvalue weighted by Crippen LogP contribution is -2.21. The highest BCUT2D eigenvalue weighted by Crippen LogP contribution is 2.38. The molecular weight excluding hydrogens is 392 g/mol. The van der Waals surface area contributed by atoms with Crippen LogP contribution in [0.4, 0.5) is 0 Å². The third kappa shape index (κ3) is 4.68. The van der Waals surface area contributed by atoms with E-state index in [4.69, 9.17) is 14.2 Å². The van der Waals surface area contributed by atoms with Crippen LogP contribution in [0.1, 0.15) is 29.6 Å². The molecule has 29 heavy (non-hydrogen) atoms. The van der Waals surface area contributed by atoms with Gasteiger partial charge in [-0.3, -0.25) is 9.69 Å². The van der Waals surface area contributed by atoms with Crippen LogP contribution in [0, 0.1) is 0 Å². The Morgan fingerprint density at radius 2 is 1.76 bits per heavy atom. The zero-order valence-corrected chi connectivity index (χ0v) is 18.2. The number of nitrogens with zero attached hydrogens (tertiary/aromatic N) is 4. The summed E-state index contributed by atoms with van der Waals surface area (Å²) in [6.07, 6.45) is 1.84. The predicted octanol–water partition coefficient (Wildman–Crippen LogP) is 2.76. The molecule has 0 aliphatic rings. The number of aromatic nitrogens is 3. The average molecular weight is 419 g/mol. The van der Waals surface area contributed by atoms with Crippen LogP contribution in [0.25, 0.3) is 4.96 Å². The predicted molar refractivity (Wildman–Crippen MR) is 112 cm³/mol. The largest absolute Gasteiger partial charge is 0.493 e. The Bertz CT molecular complexity index is 1020. The van der Waals surface area contributed by atoms with Crippen LogP contribution in [0.5, 0.6) is 17.2 Å². The maximum absolute atomic E-state index is 12.4. The van der Waals surface area contributed by atoms with Crippen molar-refractivity contribution in [3.63, 3.8) is 0 Å². The van der Waals surface area contributed by atoms with Gasteiger partial charge < -0.3 is 14.2 Å². The number of methoxy groups -OCH3 is 3. The monoisotopic (exact) mass is 418 g/mol. The van der Waals surface area contributed by atoms with E-state index in [2.05, 4.69) is 21.9 Å². The van der Waals surface area contributed by atoms with Gasteiger partial charge in [-0.05, 0) is 31.2 Å². The molecule has 0 aliphatic heterocycles. The molecule has 0 atom stereocenters. The van der Waals surface area contributed by atoms with Crippen LogP contribution >= 0.6 is 11.3 Å². The van der Waals surface area contributed by atoms with Crippen molar-refractivity contribution in [2.75, 3.05) is 28.4 Å². The van der Waals surface area contributed by atoms with Gasteiger partial charge >= 0.3 is 0 Å². The Morgan fingerprint density at radius 1 is 1.07 bits per heavy atom. The molecule has 0 radical (unpaired) electrons. The minimum absolute atomic E-state index is 0.148. The first-order chi connectivity index (χ1) is 14.0. The molecule has 156 valence electrons. The molecule has 0 unspecified atom stereocenters. The lowest BCUT2D eigenvalue weighted by atomic mass is 10.1. The van der Waals surface area contributed by atoms with E-state index in [1.807, 2.05) is 19.2 Å². The lowest BCUT2D eigenvalue weighted by Gasteiger charge is -2.19. The van der Waals surface area contributed by atoms with Crippen molar-refractivity contribution in [2.45, 2.75) is 32.9 Å². The van der Waals surface area contributed by atoms with Gasteiger partial charge in [0.2, 0.25) is 10.7 Å². The van der Waals surface area contributed by atoms with E-state index in [1.54, 1.807) is 27.4 Å². The molecule has 0 bridgehead atoms. The third-order valence-electron chi connectivity index (χ3n) is 4.41. The van der Waals surface area contributed by atoms with Crippen molar-refractivity contribution in [1.29, 1.82) is 0 Å². The molecule has 0 saturated carbocycles. The standard InChI is InChI=1S/C20H26N4O4S/c1-6-7-17-22-24-18(25)10-14(21-20(24)29-17)12-23(2)11-13-8-15(26-3)19(28-5)16(9-13)27-4/h8-10H,6-7,11-12H2,1-5H3. The summed E-state index contributed by atoms with van der Waals surface area (Å²) in [5.41, 5.74) is 1.57. The quantitative estimate of drug-likeness (QED) is 0.529. The maximum Gasteiger partial charge on any atom is 0.275 e. The number of benzene rings is 1. The molecule has 0 amide bonds. The minimum Gasteiger partial charge on any atom is -0.493 e. The maximum atomic E-state index is 12.4. The van der Waals surface area contributed by atoms with Gasteiger partial charge in [0.05, 0.1) is 27.0 Å². The van der Waals surface area contributed by atoms with Gasteiger partial charge in [0, 0.05) is 25.6 Å². The first kappa shape index (κ1) is 21.1. The van der Waals surface area contributed by atoms with E-state index in [-0.39, 0.29) is 5.56 Å². The summed E-state index contributed by atoms with van der Waals surface area (Å²) in [6, 6.07) is 5.39. The van der Waals surface area contributed by atoms with Crippen LogP contribution in [-0.4, -0.2) is 47.9 Å². The smallest absolute Gasteiger partial charge is 0.275 e. The van der Waals surface area contributed by atoms with Gasteiger partial charge in [0.1, 0.15) is 5.01 Å². The van der Waals surface area contributed by atoms with Crippen molar-refractivity contribution in [3.8, 4) is 17.2 Å². The molecule has 9 heteroatoms. The summed E-state index contributed by atoms with van der Waals surface area (Å²) < 4.78 is 17.6. The number of fused-ring (bicyclic) bond motifs is 1. The molecular formula is C20H26N4O4S. The van der Waals surface area contributed by atoms with Gasteiger partial charge in [0.15, 0.2) is 11.5 Å². The van der Waals surface area contributed by atoms with Crippen LogP contribution in [0.15, 0.2) is 23.0 Å². The number of hydrogen-bond donors (Lipinski definition) is 0. The second kappa shape index (κ2) is 9.23. The highest BCUT2D eigenvalue weighted by molar-refractivity contribution is 7.16. The van der Waals surface area contributed by atoms with E-state index in [0.717, 1.165) is 29.1 Å². The molecule has 8 nitrogen and oxygen atoms in total. The fraction of sp³-hybridized carbons (Fsp3) is 0.450. The van der Waals surface area contributed by atoms with E-state index in [1.165, 1.54) is 15.9 Å². The summed E-state index contributed by atoms with van der Waals surface area (Å²) >= 11 is 1.47. The molecule has 2 aromatic heterocycles. The van der Waals surface area contributed by atoms with E-state index in [0.29, 0.717) is 35.3 Å². The third-order valence-corrected chi connectivity index (χ3v) is 5.38. The second-order valence-electron chi connectivity index (χ2n) is 6.73. The summed E-state index contributed by atoms with van der Waals surface area (Å²) in [5, 5.41) is 5.28. The lowest BCUT2D eigenvalue weighted by molar-refractivity contribution is 0.306. The fourth-order valence-electron chi connectivity index (χ4n) is 3.16. The average Bonchev–Trinajstić information content (AvgIpc) is 3.10. The van der Waals surface area contributed by atoms with Crippen molar-refractivity contribution in [3.05, 3.63) is 44.8 Å². The number of hydrogen-bond acceptors (Lipinski definition) is 8. The Kier molecular flexibility index (Phi) is 6.71. The summed E-state index contributed by atoms with van der Waals surface area (Å²) in [6.45, 7) is 3.25. The molecule has 3 aromatic rings. The van der Waals surface area contributed by atoms with Crippen LogP contribution in [-0.2, 0) is 19.5 Å². The van der Waals surface area contributed by atoms with Gasteiger partial charge in [-0.25, -0.2) is 4.98 Å². The first-order valence-electron chi connectivity index (χ1n) is 9.35. The Balaban J connectivity index is 1.80. The minimum atomic E-state index is -0.148. The van der Waals surface area contributed by atoms with Gasteiger partial charge in [-0.1, -0.05) is 18.3 Å². The molecule has 2 heterocycles. The SMILES string of the molecule is CCCc1nn2c(=O)cc(CN(C)Cc3cc(OC)c(OC)c(OC)c3)nc2s1. The van der Waals surface area contributed by atoms with Crippen LogP contribution in [0.2, 0.25) is 0 Å².